The maximum Gasteiger partial charge on any atom is 0.338 e. The van der Waals surface area contributed by atoms with Gasteiger partial charge in [-0.15, -0.1) is 0 Å². The Morgan fingerprint density at radius 2 is 1.75 bits per heavy atom. The van der Waals surface area contributed by atoms with Gasteiger partial charge in [0.15, 0.2) is 6.61 Å². The first-order valence-corrected chi connectivity index (χ1v) is 9.39. The van der Waals surface area contributed by atoms with Crippen molar-refractivity contribution >= 4 is 17.7 Å². The van der Waals surface area contributed by atoms with Gasteiger partial charge in [-0.2, -0.15) is 0 Å². The predicted octanol–water partition coefficient (Wildman–Crippen LogP) is 3.08. The van der Waals surface area contributed by atoms with E-state index in [0.717, 1.165) is 25.9 Å². The summed E-state index contributed by atoms with van der Waals surface area (Å²) in [6.07, 6.45) is 3.37. The smallest absolute Gasteiger partial charge is 0.338 e. The van der Waals surface area contributed by atoms with E-state index in [1.165, 1.54) is 6.20 Å². The molecule has 1 N–H and O–H groups in total. The molecular weight excluding hydrogens is 360 g/mol. The van der Waals surface area contributed by atoms with Gasteiger partial charge in [-0.1, -0.05) is 0 Å². The minimum Gasteiger partial charge on any atom is -0.485 e. The topological polar surface area (TPSA) is 88.7 Å². The minimum atomic E-state index is -0.403. The summed E-state index contributed by atoms with van der Waals surface area (Å²) in [6, 6.07) is 7.98. The Morgan fingerprint density at radius 3 is 2.39 bits per heavy atom. The van der Waals surface area contributed by atoms with Gasteiger partial charge in [0.2, 0.25) is 5.78 Å². The lowest BCUT2D eigenvalue weighted by atomic mass is 10.2. The molecule has 0 unspecified atom stereocenters. The number of H-pyrrole nitrogens is 1. The normalized spacial score (nSPS) is 13.6. The first-order valence-electron chi connectivity index (χ1n) is 9.39. The molecule has 1 aromatic heterocycles. The van der Waals surface area contributed by atoms with Crippen molar-refractivity contribution < 1.29 is 23.9 Å². The Bertz CT molecular complexity index is 848. The van der Waals surface area contributed by atoms with Crippen molar-refractivity contribution in [2.75, 3.05) is 19.7 Å². The molecule has 7 nitrogen and oxygen atoms in total. The SMILES string of the molecule is CC(C)OC(=O)c1ccc(OCC(=O)c2c[nH]c(C(=O)N3CCCC3)c2)cc1. The van der Waals surface area contributed by atoms with Crippen LogP contribution in [0.1, 0.15) is 57.9 Å². The summed E-state index contributed by atoms with van der Waals surface area (Å²) in [6.45, 7) is 4.92. The van der Waals surface area contributed by atoms with Crippen molar-refractivity contribution in [2.45, 2.75) is 32.8 Å². The molecule has 1 fully saturated rings. The number of Topliss-reactive ketones (excluding diaryl/α,β-unsaturated/α-hetero) is 1. The Kier molecular flexibility index (Phi) is 6.13. The summed E-state index contributed by atoms with van der Waals surface area (Å²) < 4.78 is 10.6. The minimum absolute atomic E-state index is 0.0821. The van der Waals surface area contributed by atoms with E-state index < -0.39 is 5.97 Å². The number of ether oxygens (including phenoxy) is 2. The molecule has 1 aliphatic heterocycles. The van der Waals surface area contributed by atoms with Crippen LogP contribution in [-0.2, 0) is 4.74 Å². The zero-order valence-corrected chi connectivity index (χ0v) is 16.1. The van der Waals surface area contributed by atoms with Crippen molar-refractivity contribution in [3.8, 4) is 5.75 Å². The number of amides is 1. The van der Waals surface area contributed by atoms with Crippen LogP contribution < -0.4 is 4.74 Å². The number of esters is 1. The standard InChI is InChI=1S/C21H24N2O5/c1-14(2)28-21(26)15-5-7-17(8-6-15)27-13-19(24)16-11-18(22-12-16)20(25)23-9-3-4-10-23/h5-8,11-12,14,22H,3-4,9-10,13H2,1-2H3. The van der Waals surface area contributed by atoms with Gasteiger partial charge in [-0.05, 0) is 57.0 Å². The van der Waals surface area contributed by atoms with Crippen molar-refractivity contribution in [1.29, 1.82) is 0 Å². The van der Waals surface area contributed by atoms with Gasteiger partial charge in [0.1, 0.15) is 11.4 Å². The number of carbonyl (C=O) groups is 3. The number of aromatic amines is 1. The molecule has 0 radical (unpaired) electrons. The van der Waals surface area contributed by atoms with Crippen LogP contribution in [0.15, 0.2) is 36.5 Å². The number of carbonyl (C=O) groups excluding carboxylic acids is 3. The second-order valence-corrected chi connectivity index (χ2v) is 6.99. The predicted molar refractivity (Wildman–Crippen MR) is 103 cm³/mol. The van der Waals surface area contributed by atoms with Crippen LogP contribution in [0.25, 0.3) is 0 Å². The quantitative estimate of drug-likeness (QED) is 0.585. The lowest BCUT2D eigenvalue weighted by Gasteiger charge is -2.13. The maximum atomic E-state index is 12.3. The molecule has 7 heteroatoms. The third kappa shape index (κ3) is 4.79. The molecule has 1 amide bonds. The highest BCUT2D eigenvalue weighted by Crippen LogP contribution is 2.16. The number of nitrogens with zero attached hydrogens (tertiary/aromatic N) is 1. The summed E-state index contributed by atoms with van der Waals surface area (Å²) in [5, 5.41) is 0. The van der Waals surface area contributed by atoms with Crippen LogP contribution in [0, 0.1) is 0 Å². The Morgan fingerprint density at radius 1 is 1.07 bits per heavy atom. The number of likely N-dealkylation sites (tertiary alicyclic amines) is 1. The van der Waals surface area contributed by atoms with Crippen LogP contribution in [0.5, 0.6) is 5.75 Å². The van der Waals surface area contributed by atoms with Gasteiger partial charge in [-0.3, -0.25) is 9.59 Å². The third-order valence-electron chi connectivity index (χ3n) is 4.43. The van der Waals surface area contributed by atoms with E-state index in [0.29, 0.717) is 22.6 Å². The molecule has 1 saturated heterocycles. The average molecular weight is 384 g/mol. The molecule has 0 aliphatic carbocycles. The van der Waals surface area contributed by atoms with Crippen molar-refractivity contribution in [3.63, 3.8) is 0 Å². The molecule has 3 rings (SSSR count). The second kappa shape index (κ2) is 8.73. The van der Waals surface area contributed by atoms with Crippen molar-refractivity contribution in [2.24, 2.45) is 0 Å². The second-order valence-electron chi connectivity index (χ2n) is 6.99. The highest BCUT2D eigenvalue weighted by molar-refractivity contribution is 6.01. The molecule has 0 saturated carbocycles. The molecule has 148 valence electrons. The highest BCUT2D eigenvalue weighted by Gasteiger charge is 2.21. The van der Waals surface area contributed by atoms with Crippen LogP contribution in [-0.4, -0.2) is 53.3 Å². The lowest BCUT2D eigenvalue weighted by molar-refractivity contribution is 0.0377. The van der Waals surface area contributed by atoms with Crippen LogP contribution in [0.2, 0.25) is 0 Å². The van der Waals surface area contributed by atoms with Crippen LogP contribution >= 0.6 is 0 Å². The first-order chi connectivity index (χ1) is 13.4. The summed E-state index contributed by atoms with van der Waals surface area (Å²) in [5.41, 5.74) is 1.24. The number of benzene rings is 1. The molecule has 0 spiro atoms. The Hall–Kier alpha value is -3.09. The molecule has 28 heavy (non-hydrogen) atoms. The summed E-state index contributed by atoms with van der Waals surface area (Å²) in [7, 11) is 0. The Labute approximate surface area is 163 Å². The van der Waals surface area contributed by atoms with Gasteiger partial charge in [0.05, 0.1) is 11.7 Å². The summed E-state index contributed by atoms with van der Waals surface area (Å²) >= 11 is 0. The van der Waals surface area contributed by atoms with E-state index >= 15 is 0 Å². The lowest BCUT2D eigenvalue weighted by Crippen LogP contribution is -2.27. The van der Waals surface area contributed by atoms with Crippen molar-refractivity contribution in [3.05, 3.63) is 53.3 Å². The average Bonchev–Trinajstić information content (AvgIpc) is 3.37. The monoisotopic (exact) mass is 384 g/mol. The van der Waals surface area contributed by atoms with E-state index in [4.69, 9.17) is 9.47 Å². The van der Waals surface area contributed by atoms with Gasteiger partial charge in [0.25, 0.3) is 5.91 Å². The molecule has 0 atom stereocenters. The largest absolute Gasteiger partial charge is 0.485 e. The van der Waals surface area contributed by atoms with Crippen LogP contribution in [0.4, 0.5) is 0 Å². The van der Waals surface area contributed by atoms with Gasteiger partial charge >= 0.3 is 5.97 Å². The fourth-order valence-electron chi connectivity index (χ4n) is 2.97. The first kappa shape index (κ1) is 19.7. The fourth-order valence-corrected chi connectivity index (χ4v) is 2.97. The zero-order chi connectivity index (χ0) is 20.1. The molecular formula is C21H24N2O5. The molecule has 2 heterocycles. The molecule has 1 aromatic carbocycles. The van der Waals surface area contributed by atoms with E-state index in [1.807, 2.05) is 0 Å². The number of rotatable bonds is 7. The maximum absolute atomic E-state index is 12.3. The van der Waals surface area contributed by atoms with E-state index in [-0.39, 0.29) is 24.4 Å². The third-order valence-corrected chi connectivity index (χ3v) is 4.43. The van der Waals surface area contributed by atoms with Crippen molar-refractivity contribution in [1.82, 2.24) is 9.88 Å². The summed E-state index contributed by atoms with van der Waals surface area (Å²) in [5.74, 6) is -0.250. The number of hydrogen-bond acceptors (Lipinski definition) is 5. The zero-order valence-electron chi connectivity index (χ0n) is 16.1. The van der Waals surface area contributed by atoms with Gasteiger partial charge in [0, 0.05) is 24.8 Å². The number of nitrogens with one attached hydrogen (secondary N) is 1. The molecule has 0 bridgehead atoms. The fraction of sp³-hybridized carbons (Fsp3) is 0.381. The van der Waals surface area contributed by atoms with Crippen LogP contribution in [0.3, 0.4) is 0 Å². The van der Waals surface area contributed by atoms with Gasteiger partial charge < -0.3 is 19.4 Å². The highest BCUT2D eigenvalue weighted by atomic mass is 16.5. The van der Waals surface area contributed by atoms with E-state index in [1.54, 1.807) is 49.1 Å². The Balaban J connectivity index is 1.54. The van der Waals surface area contributed by atoms with Gasteiger partial charge in [-0.25, -0.2) is 4.79 Å². The molecule has 2 aromatic rings. The van der Waals surface area contributed by atoms with E-state index in [2.05, 4.69) is 4.98 Å². The number of ketones is 1. The molecule has 1 aliphatic rings. The number of aromatic nitrogens is 1. The summed E-state index contributed by atoms with van der Waals surface area (Å²) in [4.78, 5) is 41.1. The van der Waals surface area contributed by atoms with E-state index in [9.17, 15) is 14.4 Å². The number of hydrogen-bond donors (Lipinski definition) is 1.